The number of carbonyl (C=O) groups is 1. The van der Waals surface area contributed by atoms with Gasteiger partial charge >= 0.3 is 5.92 Å². The molecule has 0 spiro atoms. The van der Waals surface area contributed by atoms with Gasteiger partial charge in [-0.05, 0) is 19.1 Å². The summed E-state index contributed by atoms with van der Waals surface area (Å²) < 4.78 is 31.6. The minimum atomic E-state index is -3.81. The van der Waals surface area contributed by atoms with Crippen molar-refractivity contribution in [3.63, 3.8) is 0 Å². The van der Waals surface area contributed by atoms with E-state index in [4.69, 9.17) is 16.0 Å². The molecule has 1 aromatic heterocycles. The molecule has 1 aromatic rings. The van der Waals surface area contributed by atoms with Crippen LogP contribution in [0, 0.1) is 0 Å². The molecular weight excluding hydrogens is 252 g/mol. The van der Waals surface area contributed by atoms with Crippen LogP contribution in [0.25, 0.3) is 6.08 Å². The number of primary amides is 1. The summed E-state index contributed by atoms with van der Waals surface area (Å²) in [6, 6.07) is 1.08. The Morgan fingerprint density at radius 3 is 2.65 bits per heavy atom. The van der Waals surface area contributed by atoms with Crippen molar-refractivity contribution >= 4 is 23.6 Å². The van der Waals surface area contributed by atoms with Crippen LogP contribution in [0.3, 0.4) is 0 Å². The molecule has 0 radical (unpaired) electrons. The van der Waals surface area contributed by atoms with Crippen LogP contribution in [0.15, 0.2) is 15.5 Å². The average Bonchev–Trinajstić information content (AvgIpc) is 2.60. The second kappa shape index (κ2) is 4.87. The molecule has 0 atom stereocenters. The van der Waals surface area contributed by atoms with Crippen molar-refractivity contribution in [1.29, 1.82) is 0 Å². The van der Waals surface area contributed by atoms with E-state index in [1.165, 1.54) is 6.08 Å². The second-order valence-electron chi connectivity index (χ2n) is 3.51. The highest BCUT2D eigenvalue weighted by atomic mass is 35.5. The van der Waals surface area contributed by atoms with Gasteiger partial charge in [0.1, 0.15) is 5.76 Å². The van der Waals surface area contributed by atoms with Crippen molar-refractivity contribution in [3.05, 3.63) is 28.2 Å². The third-order valence-electron chi connectivity index (χ3n) is 2.14. The number of amides is 1. The fourth-order valence-corrected chi connectivity index (χ4v) is 1.45. The van der Waals surface area contributed by atoms with E-state index in [1.807, 2.05) is 0 Å². The Labute approximate surface area is 102 Å². The van der Waals surface area contributed by atoms with Crippen LogP contribution in [-0.4, -0.2) is 5.91 Å². The SMILES string of the molecule is CCc1oc(C(F)(F)C(N)=O)cc1/C=C(\C)Cl. The number of alkyl halides is 2. The van der Waals surface area contributed by atoms with E-state index in [9.17, 15) is 13.6 Å². The Bertz CT molecular complexity index is 462. The lowest BCUT2D eigenvalue weighted by Crippen LogP contribution is -2.32. The van der Waals surface area contributed by atoms with Gasteiger partial charge in [0.05, 0.1) is 0 Å². The van der Waals surface area contributed by atoms with Crippen molar-refractivity contribution in [2.45, 2.75) is 26.2 Å². The topological polar surface area (TPSA) is 56.2 Å². The standard InChI is InChI=1S/C11H12ClF2NO2/c1-3-8-7(4-6(2)12)5-9(17-8)11(13,14)10(15)16/h4-5H,3H2,1-2H3,(H2,15,16)/b6-4+. The number of rotatable bonds is 4. The van der Waals surface area contributed by atoms with E-state index in [0.29, 0.717) is 22.8 Å². The normalized spacial score (nSPS) is 12.9. The van der Waals surface area contributed by atoms with Gasteiger partial charge in [-0.1, -0.05) is 18.5 Å². The quantitative estimate of drug-likeness (QED) is 0.908. The smallest absolute Gasteiger partial charge is 0.380 e. The molecule has 0 aromatic carbocycles. The lowest BCUT2D eigenvalue weighted by Gasteiger charge is -2.07. The number of nitrogens with two attached hydrogens (primary N) is 1. The van der Waals surface area contributed by atoms with Crippen LogP contribution in [0.4, 0.5) is 8.78 Å². The van der Waals surface area contributed by atoms with E-state index in [1.54, 1.807) is 13.8 Å². The van der Waals surface area contributed by atoms with Gasteiger partial charge in [0.15, 0.2) is 5.76 Å². The highest BCUT2D eigenvalue weighted by molar-refractivity contribution is 6.31. The van der Waals surface area contributed by atoms with Gasteiger partial charge in [-0.3, -0.25) is 4.79 Å². The Morgan fingerprint density at radius 1 is 1.65 bits per heavy atom. The van der Waals surface area contributed by atoms with Crippen molar-refractivity contribution in [2.24, 2.45) is 5.73 Å². The summed E-state index contributed by atoms with van der Waals surface area (Å²) in [5, 5.41) is 0.425. The molecule has 1 amide bonds. The maximum atomic E-state index is 13.3. The van der Waals surface area contributed by atoms with Crippen molar-refractivity contribution in [1.82, 2.24) is 0 Å². The summed E-state index contributed by atoms with van der Waals surface area (Å²) in [6.07, 6.45) is 1.90. The molecule has 1 heterocycles. The molecule has 0 aliphatic heterocycles. The fraction of sp³-hybridized carbons (Fsp3) is 0.364. The number of hydrogen-bond donors (Lipinski definition) is 1. The lowest BCUT2D eigenvalue weighted by atomic mass is 10.1. The highest BCUT2D eigenvalue weighted by Crippen LogP contribution is 2.32. The maximum absolute atomic E-state index is 13.3. The molecule has 2 N–H and O–H groups in total. The molecule has 3 nitrogen and oxygen atoms in total. The third kappa shape index (κ3) is 2.85. The summed E-state index contributed by atoms with van der Waals surface area (Å²) in [6.45, 7) is 3.35. The molecule has 0 aliphatic rings. The van der Waals surface area contributed by atoms with Crippen molar-refractivity contribution < 1.29 is 18.0 Å². The Kier molecular flexibility index (Phi) is 3.93. The minimum absolute atomic E-state index is 0.334. The molecule has 0 bridgehead atoms. The Balaban J connectivity index is 3.26. The Morgan fingerprint density at radius 2 is 2.24 bits per heavy atom. The third-order valence-corrected chi connectivity index (χ3v) is 2.25. The molecule has 0 aliphatic carbocycles. The van der Waals surface area contributed by atoms with E-state index in [0.717, 1.165) is 6.07 Å². The van der Waals surface area contributed by atoms with Crippen LogP contribution in [-0.2, 0) is 17.1 Å². The van der Waals surface area contributed by atoms with Gasteiger partial charge in [-0.2, -0.15) is 8.78 Å². The predicted octanol–water partition coefficient (Wildman–Crippen LogP) is 3.02. The highest BCUT2D eigenvalue weighted by Gasteiger charge is 2.42. The number of furan rings is 1. The van der Waals surface area contributed by atoms with Crippen molar-refractivity contribution in [3.8, 4) is 0 Å². The summed E-state index contributed by atoms with van der Waals surface area (Å²) >= 11 is 5.67. The largest absolute Gasteiger partial charge is 0.458 e. The molecule has 0 unspecified atom stereocenters. The van der Waals surface area contributed by atoms with Gasteiger partial charge < -0.3 is 10.2 Å². The first-order valence-electron chi connectivity index (χ1n) is 4.93. The summed E-state index contributed by atoms with van der Waals surface area (Å²) in [7, 11) is 0. The number of hydrogen-bond acceptors (Lipinski definition) is 2. The second-order valence-corrected chi connectivity index (χ2v) is 4.11. The van der Waals surface area contributed by atoms with E-state index in [2.05, 4.69) is 5.73 Å². The van der Waals surface area contributed by atoms with Gasteiger partial charge in [-0.15, -0.1) is 0 Å². The molecule has 6 heteroatoms. The average molecular weight is 264 g/mol. The van der Waals surface area contributed by atoms with Crippen LogP contribution in [0.5, 0.6) is 0 Å². The molecule has 1 rings (SSSR count). The van der Waals surface area contributed by atoms with E-state index < -0.39 is 17.6 Å². The van der Waals surface area contributed by atoms with Crippen LogP contribution in [0.1, 0.15) is 30.9 Å². The maximum Gasteiger partial charge on any atom is 0.380 e. The first kappa shape index (κ1) is 13.7. The van der Waals surface area contributed by atoms with E-state index >= 15 is 0 Å². The van der Waals surface area contributed by atoms with Gasteiger partial charge in [0.2, 0.25) is 0 Å². The number of carbonyl (C=O) groups excluding carboxylic acids is 1. The Hall–Kier alpha value is -1.36. The number of allylic oxidation sites excluding steroid dienone is 1. The monoisotopic (exact) mass is 263 g/mol. The molecular formula is C11H12ClF2NO2. The molecule has 0 fully saturated rings. The van der Waals surface area contributed by atoms with Crippen LogP contribution >= 0.6 is 11.6 Å². The summed E-state index contributed by atoms with van der Waals surface area (Å²) in [5.74, 6) is -5.98. The zero-order valence-corrected chi connectivity index (χ0v) is 10.1. The summed E-state index contributed by atoms with van der Waals surface area (Å²) in [5.41, 5.74) is 5.04. The zero-order chi connectivity index (χ0) is 13.2. The first-order valence-corrected chi connectivity index (χ1v) is 5.31. The van der Waals surface area contributed by atoms with Gasteiger partial charge in [-0.25, -0.2) is 0 Å². The fourth-order valence-electron chi connectivity index (χ4n) is 1.33. The van der Waals surface area contributed by atoms with Gasteiger partial charge in [0.25, 0.3) is 5.91 Å². The number of aryl methyl sites for hydroxylation is 1. The minimum Gasteiger partial charge on any atom is -0.458 e. The lowest BCUT2D eigenvalue weighted by molar-refractivity contribution is -0.145. The molecule has 0 saturated carbocycles. The van der Waals surface area contributed by atoms with Crippen LogP contribution in [0.2, 0.25) is 0 Å². The molecule has 0 saturated heterocycles. The predicted molar refractivity (Wildman–Crippen MR) is 60.7 cm³/mol. The van der Waals surface area contributed by atoms with E-state index in [-0.39, 0.29) is 0 Å². The van der Waals surface area contributed by atoms with Gasteiger partial charge in [0, 0.05) is 17.0 Å². The van der Waals surface area contributed by atoms with Crippen LogP contribution < -0.4 is 5.73 Å². The first-order chi connectivity index (χ1) is 7.78. The molecule has 94 valence electrons. The van der Waals surface area contributed by atoms with Crippen molar-refractivity contribution in [2.75, 3.05) is 0 Å². The number of halogens is 3. The zero-order valence-electron chi connectivity index (χ0n) is 9.39. The molecule has 17 heavy (non-hydrogen) atoms. The summed E-state index contributed by atoms with van der Waals surface area (Å²) in [4.78, 5) is 10.6.